The van der Waals surface area contributed by atoms with Crippen molar-refractivity contribution < 1.29 is 4.74 Å². The van der Waals surface area contributed by atoms with E-state index in [1.807, 2.05) is 12.1 Å². The van der Waals surface area contributed by atoms with Crippen molar-refractivity contribution in [3.63, 3.8) is 0 Å². The second kappa shape index (κ2) is 6.27. The van der Waals surface area contributed by atoms with E-state index in [4.69, 9.17) is 10.5 Å². The minimum absolute atomic E-state index is 0.0967. The minimum Gasteiger partial charge on any atom is -0.497 e. The van der Waals surface area contributed by atoms with Crippen molar-refractivity contribution in [2.45, 2.75) is 39.2 Å². The summed E-state index contributed by atoms with van der Waals surface area (Å²) in [6, 6.07) is 6.16. The van der Waals surface area contributed by atoms with Gasteiger partial charge in [0, 0.05) is 10.5 Å². The van der Waals surface area contributed by atoms with Crippen LogP contribution in [-0.2, 0) is 0 Å². The van der Waals surface area contributed by atoms with Crippen LogP contribution in [-0.4, -0.2) is 7.11 Å². The maximum absolute atomic E-state index is 6.52. The summed E-state index contributed by atoms with van der Waals surface area (Å²) in [5.74, 6) is 3.06. The van der Waals surface area contributed by atoms with E-state index < -0.39 is 0 Å². The summed E-state index contributed by atoms with van der Waals surface area (Å²) in [4.78, 5) is 0. The molecule has 1 aliphatic rings. The predicted molar refractivity (Wildman–Crippen MR) is 83.3 cm³/mol. The third kappa shape index (κ3) is 3.32. The van der Waals surface area contributed by atoms with Crippen molar-refractivity contribution in [1.82, 2.24) is 0 Å². The van der Waals surface area contributed by atoms with Crippen LogP contribution in [0.4, 0.5) is 0 Å². The summed E-state index contributed by atoms with van der Waals surface area (Å²) in [6.07, 6.45) is 3.75. The lowest BCUT2D eigenvalue weighted by Crippen LogP contribution is -2.29. The molecular weight excluding hydrogens is 302 g/mol. The van der Waals surface area contributed by atoms with Crippen molar-refractivity contribution in [1.29, 1.82) is 0 Å². The molecule has 2 nitrogen and oxygen atoms in total. The normalized spacial score (nSPS) is 29.0. The van der Waals surface area contributed by atoms with Crippen molar-refractivity contribution in [2.75, 3.05) is 7.11 Å². The van der Waals surface area contributed by atoms with E-state index in [9.17, 15) is 0 Å². The van der Waals surface area contributed by atoms with Crippen LogP contribution < -0.4 is 10.5 Å². The third-order valence-electron chi connectivity index (χ3n) is 4.71. The predicted octanol–water partition coefficient (Wildman–Crippen LogP) is 4.53. The van der Waals surface area contributed by atoms with Gasteiger partial charge in [-0.15, -0.1) is 0 Å². The fraction of sp³-hybridized carbons (Fsp3) is 0.625. The Morgan fingerprint density at radius 1 is 1.26 bits per heavy atom. The number of hydrogen-bond donors (Lipinski definition) is 1. The summed E-state index contributed by atoms with van der Waals surface area (Å²) in [5.41, 5.74) is 7.69. The zero-order valence-electron chi connectivity index (χ0n) is 12.0. The molecule has 0 radical (unpaired) electrons. The minimum atomic E-state index is 0.0967. The average molecular weight is 326 g/mol. The largest absolute Gasteiger partial charge is 0.497 e. The molecule has 1 fully saturated rings. The Labute approximate surface area is 124 Å². The summed E-state index contributed by atoms with van der Waals surface area (Å²) >= 11 is 3.62. The van der Waals surface area contributed by atoms with Gasteiger partial charge in [0.15, 0.2) is 0 Å². The maximum atomic E-state index is 6.52. The summed E-state index contributed by atoms with van der Waals surface area (Å²) in [5, 5.41) is 0. The van der Waals surface area contributed by atoms with E-state index in [0.717, 1.165) is 22.1 Å². The van der Waals surface area contributed by atoms with Gasteiger partial charge in [-0.3, -0.25) is 0 Å². The van der Waals surface area contributed by atoms with Gasteiger partial charge in [0.2, 0.25) is 0 Å². The number of benzene rings is 1. The van der Waals surface area contributed by atoms with Gasteiger partial charge in [0.25, 0.3) is 0 Å². The fourth-order valence-electron chi connectivity index (χ4n) is 3.07. The number of rotatable bonds is 3. The highest BCUT2D eigenvalue weighted by Crippen LogP contribution is 2.41. The number of nitrogens with two attached hydrogens (primary N) is 1. The molecule has 0 saturated heterocycles. The standard InChI is InChI=1S/C16H24BrNO/c1-10-4-5-12(8-11(10)2)16(18)14-9-13(19-3)6-7-15(14)17/h6-7,9-12,16H,4-5,8,18H2,1-3H3. The molecule has 1 aromatic rings. The lowest BCUT2D eigenvalue weighted by Gasteiger charge is -2.35. The van der Waals surface area contributed by atoms with Gasteiger partial charge in [-0.2, -0.15) is 0 Å². The van der Waals surface area contributed by atoms with Gasteiger partial charge in [-0.1, -0.05) is 36.2 Å². The molecule has 0 spiro atoms. The Bertz CT molecular complexity index is 435. The van der Waals surface area contributed by atoms with E-state index in [1.165, 1.54) is 24.8 Å². The number of methoxy groups -OCH3 is 1. The maximum Gasteiger partial charge on any atom is 0.119 e. The number of halogens is 1. The Hall–Kier alpha value is -0.540. The first-order valence-corrected chi connectivity index (χ1v) is 7.91. The molecule has 0 aliphatic heterocycles. The van der Waals surface area contributed by atoms with Crippen molar-refractivity contribution in [2.24, 2.45) is 23.5 Å². The van der Waals surface area contributed by atoms with E-state index in [0.29, 0.717) is 5.92 Å². The van der Waals surface area contributed by atoms with Crippen LogP contribution in [0.5, 0.6) is 5.75 Å². The molecule has 1 aromatic carbocycles. The first kappa shape index (κ1) is 14.9. The van der Waals surface area contributed by atoms with Gasteiger partial charge in [-0.25, -0.2) is 0 Å². The average Bonchev–Trinajstić information content (AvgIpc) is 2.41. The van der Waals surface area contributed by atoms with Crippen molar-refractivity contribution in [3.8, 4) is 5.75 Å². The molecular formula is C16H24BrNO. The van der Waals surface area contributed by atoms with Crippen molar-refractivity contribution in [3.05, 3.63) is 28.2 Å². The van der Waals surface area contributed by atoms with E-state index in [2.05, 4.69) is 35.8 Å². The second-order valence-corrected chi connectivity index (χ2v) is 6.80. The Morgan fingerprint density at radius 2 is 2.00 bits per heavy atom. The second-order valence-electron chi connectivity index (χ2n) is 5.94. The molecule has 0 amide bonds. The highest BCUT2D eigenvalue weighted by atomic mass is 79.9. The third-order valence-corrected chi connectivity index (χ3v) is 5.43. The van der Waals surface area contributed by atoms with Crippen LogP contribution in [0, 0.1) is 17.8 Å². The van der Waals surface area contributed by atoms with Crippen molar-refractivity contribution >= 4 is 15.9 Å². The highest BCUT2D eigenvalue weighted by molar-refractivity contribution is 9.10. The SMILES string of the molecule is COc1ccc(Br)c(C(N)C2CCC(C)C(C)C2)c1. The number of hydrogen-bond acceptors (Lipinski definition) is 2. The zero-order chi connectivity index (χ0) is 14.0. The molecule has 2 N–H and O–H groups in total. The molecule has 1 saturated carbocycles. The highest BCUT2D eigenvalue weighted by Gasteiger charge is 2.30. The monoisotopic (exact) mass is 325 g/mol. The molecule has 0 aromatic heterocycles. The first-order chi connectivity index (χ1) is 9.02. The lowest BCUT2D eigenvalue weighted by atomic mass is 9.72. The number of ether oxygens (including phenoxy) is 1. The van der Waals surface area contributed by atoms with E-state index >= 15 is 0 Å². The zero-order valence-corrected chi connectivity index (χ0v) is 13.6. The van der Waals surface area contributed by atoms with Crippen LogP contribution in [0.3, 0.4) is 0 Å². The van der Waals surface area contributed by atoms with E-state index in [1.54, 1.807) is 7.11 Å². The van der Waals surface area contributed by atoms with Gasteiger partial charge < -0.3 is 10.5 Å². The Kier molecular flexibility index (Phi) is 4.91. The molecule has 4 atom stereocenters. The van der Waals surface area contributed by atoms with Crippen LogP contribution >= 0.6 is 15.9 Å². The first-order valence-electron chi connectivity index (χ1n) is 7.12. The molecule has 19 heavy (non-hydrogen) atoms. The van der Waals surface area contributed by atoms with Crippen LogP contribution in [0.15, 0.2) is 22.7 Å². The van der Waals surface area contributed by atoms with Gasteiger partial charge in [0.1, 0.15) is 5.75 Å². The van der Waals surface area contributed by atoms with Gasteiger partial charge in [-0.05, 0) is 54.4 Å². The Balaban J connectivity index is 2.17. The molecule has 1 aliphatic carbocycles. The molecule has 2 rings (SSSR count). The smallest absolute Gasteiger partial charge is 0.119 e. The lowest BCUT2D eigenvalue weighted by molar-refractivity contribution is 0.185. The van der Waals surface area contributed by atoms with Crippen LogP contribution in [0.1, 0.15) is 44.7 Å². The summed E-state index contributed by atoms with van der Waals surface area (Å²) < 4.78 is 6.40. The molecule has 0 heterocycles. The van der Waals surface area contributed by atoms with Crippen LogP contribution in [0.2, 0.25) is 0 Å². The van der Waals surface area contributed by atoms with Crippen LogP contribution in [0.25, 0.3) is 0 Å². The molecule has 4 unspecified atom stereocenters. The quantitative estimate of drug-likeness (QED) is 0.886. The van der Waals surface area contributed by atoms with Gasteiger partial charge in [0.05, 0.1) is 7.11 Å². The molecule has 3 heteroatoms. The summed E-state index contributed by atoms with van der Waals surface area (Å²) in [6.45, 7) is 4.71. The molecule has 0 bridgehead atoms. The fourth-order valence-corrected chi connectivity index (χ4v) is 3.58. The van der Waals surface area contributed by atoms with E-state index in [-0.39, 0.29) is 6.04 Å². The van der Waals surface area contributed by atoms with Gasteiger partial charge >= 0.3 is 0 Å². The summed E-state index contributed by atoms with van der Waals surface area (Å²) in [7, 11) is 1.70. The molecule has 106 valence electrons. The Morgan fingerprint density at radius 3 is 2.63 bits per heavy atom. The topological polar surface area (TPSA) is 35.2 Å².